The lowest BCUT2D eigenvalue weighted by Crippen LogP contribution is -2.28. The number of rotatable bonds is 3. The molecule has 1 atom stereocenters. The van der Waals surface area contributed by atoms with Crippen LogP contribution in [0.3, 0.4) is 0 Å². The Morgan fingerprint density at radius 3 is 2.84 bits per heavy atom. The highest BCUT2D eigenvalue weighted by molar-refractivity contribution is 5.92. The van der Waals surface area contributed by atoms with E-state index in [4.69, 9.17) is 15.2 Å². The van der Waals surface area contributed by atoms with Gasteiger partial charge in [-0.05, 0) is 36.6 Å². The Labute approximate surface area is 145 Å². The molecule has 25 heavy (non-hydrogen) atoms. The van der Waals surface area contributed by atoms with E-state index in [1.165, 1.54) is 12.5 Å². The summed E-state index contributed by atoms with van der Waals surface area (Å²) in [5.74, 6) is 0.578. The Bertz CT molecular complexity index is 996. The minimum absolute atomic E-state index is 0.107. The number of benzene rings is 1. The number of anilines is 1. The zero-order valence-corrected chi connectivity index (χ0v) is 13.6. The van der Waals surface area contributed by atoms with E-state index >= 15 is 0 Å². The van der Waals surface area contributed by atoms with Crippen LogP contribution in [-0.4, -0.2) is 4.57 Å². The number of aromatic nitrogens is 1. The Morgan fingerprint density at radius 1 is 1.16 bits per heavy atom. The zero-order valence-electron chi connectivity index (χ0n) is 13.6. The molecule has 0 saturated carbocycles. The van der Waals surface area contributed by atoms with Gasteiger partial charge >= 0.3 is 0 Å². The van der Waals surface area contributed by atoms with Gasteiger partial charge in [-0.3, -0.25) is 4.79 Å². The summed E-state index contributed by atoms with van der Waals surface area (Å²) in [5, 5.41) is 1.35. The molecule has 0 fully saturated rings. The first-order chi connectivity index (χ1) is 12.3. The second kappa shape index (κ2) is 6.36. The van der Waals surface area contributed by atoms with Crippen LogP contribution in [0.15, 0.2) is 83.6 Å². The largest absolute Gasteiger partial charge is 0.466 e. The van der Waals surface area contributed by atoms with E-state index in [1.54, 1.807) is 35.2 Å². The number of pyridine rings is 1. The third-order valence-corrected chi connectivity index (χ3v) is 4.47. The van der Waals surface area contributed by atoms with Gasteiger partial charge in [-0.2, -0.15) is 0 Å². The maximum atomic E-state index is 13.1. The summed E-state index contributed by atoms with van der Waals surface area (Å²) in [6.07, 6.45) is 14.2. The fraction of sp³-hybridized carbons (Fsp3) is 0.150. The second-order valence-electron chi connectivity index (χ2n) is 5.99. The first-order valence-corrected chi connectivity index (χ1v) is 8.18. The Hall–Kier alpha value is -3.21. The van der Waals surface area contributed by atoms with Crippen LogP contribution in [0.1, 0.15) is 18.9 Å². The molecule has 1 aliphatic carbocycles. The molecule has 2 N–H and O–H groups in total. The van der Waals surface area contributed by atoms with Crippen molar-refractivity contribution >= 4 is 16.5 Å². The quantitative estimate of drug-likeness (QED) is 0.868. The number of hydrogen-bond donors (Lipinski definition) is 1. The van der Waals surface area contributed by atoms with E-state index < -0.39 is 0 Å². The molecule has 2 aromatic rings. The maximum absolute atomic E-state index is 13.1. The lowest BCUT2D eigenvalue weighted by Gasteiger charge is -2.26. The van der Waals surface area contributed by atoms with Crippen LogP contribution in [0.5, 0.6) is 0 Å². The van der Waals surface area contributed by atoms with E-state index in [1.807, 2.05) is 18.2 Å². The second-order valence-corrected chi connectivity index (χ2v) is 5.99. The molecule has 126 valence electrons. The molecule has 0 bridgehead atoms. The summed E-state index contributed by atoms with van der Waals surface area (Å²) in [5.41, 5.74) is 7.59. The number of allylic oxidation sites excluding steroid dienone is 4. The van der Waals surface area contributed by atoms with E-state index in [-0.39, 0.29) is 11.6 Å². The SMILES string of the molecule is Nc1cccc2c(=O)n(C(C3=CC=CCC3)C3=COC=CO3)ccc12. The standard InChI is InChI=1S/C20H18N2O3/c21-17-8-4-7-16-15(17)9-10-22(20(16)23)19(14-5-2-1-3-6-14)18-13-24-11-12-25-18/h1-2,4-5,7-13,19H,3,6,21H2. The van der Waals surface area contributed by atoms with Crippen molar-refractivity contribution in [1.82, 2.24) is 4.57 Å². The van der Waals surface area contributed by atoms with Gasteiger partial charge in [0.15, 0.2) is 5.76 Å². The smallest absolute Gasteiger partial charge is 0.259 e. The first-order valence-electron chi connectivity index (χ1n) is 8.18. The monoisotopic (exact) mass is 334 g/mol. The highest BCUT2D eigenvalue weighted by Crippen LogP contribution is 2.33. The maximum Gasteiger partial charge on any atom is 0.259 e. The fourth-order valence-corrected chi connectivity index (χ4v) is 3.27. The number of hydrogen-bond acceptors (Lipinski definition) is 4. The van der Waals surface area contributed by atoms with Crippen LogP contribution in [0.4, 0.5) is 5.69 Å². The number of ether oxygens (including phenoxy) is 2. The van der Waals surface area contributed by atoms with Gasteiger partial charge < -0.3 is 19.8 Å². The normalized spacial score (nSPS) is 17.4. The molecule has 1 unspecified atom stereocenters. The van der Waals surface area contributed by atoms with Crippen LogP contribution in [-0.2, 0) is 9.47 Å². The van der Waals surface area contributed by atoms with Crippen molar-refractivity contribution in [3.63, 3.8) is 0 Å². The molecule has 1 aromatic heterocycles. The third-order valence-electron chi connectivity index (χ3n) is 4.47. The molecule has 5 nitrogen and oxygen atoms in total. The van der Waals surface area contributed by atoms with E-state index in [0.29, 0.717) is 16.8 Å². The average Bonchev–Trinajstić information content (AvgIpc) is 2.66. The van der Waals surface area contributed by atoms with Crippen LogP contribution >= 0.6 is 0 Å². The average molecular weight is 334 g/mol. The van der Waals surface area contributed by atoms with Gasteiger partial charge in [-0.15, -0.1) is 0 Å². The Morgan fingerprint density at radius 2 is 2.08 bits per heavy atom. The topological polar surface area (TPSA) is 66.5 Å². The van der Waals surface area contributed by atoms with E-state index in [0.717, 1.165) is 23.8 Å². The highest BCUT2D eigenvalue weighted by Gasteiger charge is 2.26. The number of nitrogens with zero attached hydrogens (tertiary/aromatic N) is 1. The van der Waals surface area contributed by atoms with Crippen molar-refractivity contribution in [2.45, 2.75) is 18.9 Å². The lowest BCUT2D eigenvalue weighted by atomic mass is 9.96. The fourth-order valence-electron chi connectivity index (χ4n) is 3.27. The Balaban J connectivity index is 1.90. The van der Waals surface area contributed by atoms with Crippen LogP contribution in [0, 0.1) is 0 Å². The molecule has 5 heteroatoms. The zero-order chi connectivity index (χ0) is 17.2. The molecule has 0 radical (unpaired) electrons. The van der Waals surface area contributed by atoms with Gasteiger partial charge in [0.1, 0.15) is 24.8 Å². The van der Waals surface area contributed by atoms with Crippen LogP contribution in [0.2, 0.25) is 0 Å². The molecule has 2 heterocycles. The molecular formula is C20H18N2O3. The van der Waals surface area contributed by atoms with Crippen molar-refractivity contribution < 1.29 is 9.47 Å². The molecule has 1 aliphatic heterocycles. The van der Waals surface area contributed by atoms with Gasteiger partial charge in [0, 0.05) is 22.7 Å². The molecular weight excluding hydrogens is 316 g/mol. The summed E-state index contributed by atoms with van der Waals surface area (Å²) in [6, 6.07) is 6.90. The summed E-state index contributed by atoms with van der Waals surface area (Å²) >= 11 is 0. The van der Waals surface area contributed by atoms with Gasteiger partial charge in [0.25, 0.3) is 5.56 Å². The third kappa shape index (κ3) is 2.74. The summed E-state index contributed by atoms with van der Waals surface area (Å²) in [7, 11) is 0. The van der Waals surface area contributed by atoms with Crippen LogP contribution < -0.4 is 11.3 Å². The predicted octanol–water partition coefficient (Wildman–Crippen LogP) is 3.76. The van der Waals surface area contributed by atoms with E-state index in [9.17, 15) is 4.79 Å². The van der Waals surface area contributed by atoms with Gasteiger partial charge in [-0.1, -0.05) is 24.3 Å². The molecule has 0 spiro atoms. The summed E-state index contributed by atoms with van der Waals surface area (Å²) in [6.45, 7) is 0. The van der Waals surface area contributed by atoms with Crippen molar-refractivity contribution in [1.29, 1.82) is 0 Å². The van der Waals surface area contributed by atoms with Crippen molar-refractivity contribution in [2.75, 3.05) is 5.73 Å². The minimum Gasteiger partial charge on any atom is -0.466 e. The molecule has 0 amide bonds. The Kier molecular flexibility index (Phi) is 3.90. The van der Waals surface area contributed by atoms with Crippen molar-refractivity contribution in [2.24, 2.45) is 0 Å². The van der Waals surface area contributed by atoms with Crippen molar-refractivity contribution in [3.05, 3.63) is 89.2 Å². The van der Waals surface area contributed by atoms with Crippen LogP contribution in [0.25, 0.3) is 10.8 Å². The lowest BCUT2D eigenvalue weighted by molar-refractivity contribution is 0.226. The minimum atomic E-state index is -0.353. The predicted molar refractivity (Wildman–Crippen MR) is 97.5 cm³/mol. The van der Waals surface area contributed by atoms with Gasteiger partial charge in [0.05, 0.1) is 0 Å². The molecule has 0 saturated heterocycles. The van der Waals surface area contributed by atoms with Crippen molar-refractivity contribution in [3.8, 4) is 0 Å². The number of nitrogen functional groups attached to an aromatic ring is 1. The summed E-state index contributed by atoms with van der Waals surface area (Å²) in [4.78, 5) is 13.1. The molecule has 4 rings (SSSR count). The molecule has 1 aromatic carbocycles. The van der Waals surface area contributed by atoms with E-state index in [2.05, 4.69) is 6.08 Å². The first kappa shape index (κ1) is 15.3. The van der Waals surface area contributed by atoms with Gasteiger partial charge in [-0.25, -0.2) is 0 Å². The number of nitrogens with two attached hydrogens (primary N) is 1. The highest BCUT2D eigenvalue weighted by atomic mass is 16.5. The number of fused-ring (bicyclic) bond motifs is 1. The molecule has 2 aliphatic rings. The summed E-state index contributed by atoms with van der Waals surface area (Å²) < 4.78 is 12.6. The van der Waals surface area contributed by atoms with Gasteiger partial charge in [0.2, 0.25) is 0 Å².